The van der Waals surface area contributed by atoms with E-state index in [1.165, 1.54) is 23.9 Å². The van der Waals surface area contributed by atoms with Crippen molar-refractivity contribution in [3.8, 4) is 17.1 Å². The lowest BCUT2D eigenvalue weighted by atomic mass is 10.1. The Morgan fingerprint density at radius 1 is 0.914 bits per heavy atom. The van der Waals surface area contributed by atoms with E-state index in [2.05, 4.69) is 20.8 Å². The summed E-state index contributed by atoms with van der Waals surface area (Å²) in [6.45, 7) is 3.76. The largest absolute Gasteiger partial charge is 0.346 e. The molecule has 0 saturated heterocycles. The molecular formula is C26H24FN5O2S. The summed E-state index contributed by atoms with van der Waals surface area (Å²) in [6.07, 6.45) is 0. The quantitative estimate of drug-likeness (QED) is 0.355. The van der Waals surface area contributed by atoms with Gasteiger partial charge in [0.15, 0.2) is 11.0 Å². The predicted molar refractivity (Wildman–Crippen MR) is 135 cm³/mol. The summed E-state index contributed by atoms with van der Waals surface area (Å²) in [7, 11) is 0. The lowest BCUT2D eigenvalue weighted by molar-refractivity contribution is -0.122. The predicted octanol–water partition coefficient (Wildman–Crippen LogP) is 4.54. The molecule has 0 aliphatic rings. The number of anilines is 1. The maximum atomic E-state index is 13.5. The molecule has 0 saturated carbocycles. The zero-order valence-electron chi connectivity index (χ0n) is 19.3. The van der Waals surface area contributed by atoms with Gasteiger partial charge >= 0.3 is 0 Å². The summed E-state index contributed by atoms with van der Waals surface area (Å²) in [5.74, 6) is -0.368. The van der Waals surface area contributed by atoms with Gasteiger partial charge in [-0.05, 0) is 55.3 Å². The van der Waals surface area contributed by atoms with E-state index in [-0.39, 0.29) is 29.9 Å². The molecule has 0 unspecified atom stereocenters. The van der Waals surface area contributed by atoms with Gasteiger partial charge in [0.05, 0.1) is 12.3 Å². The molecule has 0 spiro atoms. The van der Waals surface area contributed by atoms with Crippen LogP contribution in [0, 0.1) is 19.7 Å². The van der Waals surface area contributed by atoms with Gasteiger partial charge in [-0.25, -0.2) is 4.39 Å². The number of amides is 2. The van der Waals surface area contributed by atoms with Crippen molar-refractivity contribution in [3.05, 3.63) is 89.7 Å². The van der Waals surface area contributed by atoms with Crippen molar-refractivity contribution in [2.75, 3.05) is 17.6 Å². The van der Waals surface area contributed by atoms with Gasteiger partial charge in [0.2, 0.25) is 11.8 Å². The molecule has 3 aromatic carbocycles. The summed E-state index contributed by atoms with van der Waals surface area (Å²) < 4.78 is 15.3. The number of aromatic nitrogens is 3. The first-order valence-electron chi connectivity index (χ1n) is 10.9. The number of hydrogen-bond acceptors (Lipinski definition) is 5. The van der Waals surface area contributed by atoms with Crippen LogP contribution in [0.5, 0.6) is 0 Å². The third kappa shape index (κ3) is 5.93. The summed E-state index contributed by atoms with van der Waals surface area (Å²) in [6, 6.07) is 21.1. The van der Waals surface area contributed by atoms with Crippen LogP contribution in [0.25, 0.3) is 17.1 Å². The minimum atomic E-state index is -0.351. The number of carbonyl (C=O) groups excluding carboxylic acids is 2. The number of halogens is 1. The van der Waals surface area contributed by atoms with Crippen molar-refractivity contribution >= 4 is 29.3 Å². The summed E-state index contributed by atoms with van der Waals surface area (Å²) in [4.78, 5) is 24.7. The van der Waals surface area contributed by atoms with Crippen LogP contribution in [0.2, 0.25) is 0 Å². The topological polar surface area (TPSA) is 88.9 Å². The molecule has 0 bridgehead atoms. The standard InChI is InChI=1S/C26H24FN5O2S/c1-17-7-6-10-22(18(17)2)29-23(33)15-28-24(34)16-35-26-31-30-25(19-8-4-3-5-9-19)32(26)21-13-11-20(27)12-14-21/h3-14H,15-16H2,1-2H3,(H,28,34)(H,29,33). The van der Waals surface area contributed by atoms with Crippen LogP contribution < -0.4 is 10.6 Å². The van der Waals surface area contributed by atoms with E-state index in [1.807, 2.05) is 62.4 Å². The highest BCUT2D eigenvalue weighted by Crippen LogP contribution is 2.28. The molecule has 4 rings (SSSR count). The second-order valence-electron chi connectivity index (χ2n) is 7.85. The second-order valence-corrected chi connectivity index (χ2v) is 8.79. The molecule has 35 heavy (non-hydrogen) atoms. The Kier molecular flexibility index (Phi) is 7.57. The molecule has 2 N–H and O–H groups in total. The molecule has 9 heteroatoms. The first-order chi connectivity index (χ1) is 16.9. The van der Waals surface area contributed by atoms with E-state index in [1.54, 1.807) is 16.7 Å². The molecule has 0 fully saturated rings. The van der Waals surface area contributed by atoms with Crippen molar-refractivity contribution in [1.29, 1.82) is 0 Å². The van der Waals surface area contributed by atoms with E-state index in [4.69, 9.17) is 0 Å². The lowest BCUT2D eigenvalue weighted by Crippen LogP contribution is -2.34. The van der Waals surface area contributed by atoms with Gasteiger partial charge in [0.25, 0.3) is 0 Å². The Morgan fingerprint density at radius 2 is 1.66 bits per heavy atom. The average molecular weight is 490 g/mol. The highest BCUT2D eigenvalue weighted by Gasteiger charge is 2.17. The number of carbonyl (C=O) groups is 2. The number of nitrogens with one attached hydrogen (secondary N) is 2. The lowest BCUT2D eigenvalue weighted by Gasteiger charge is -2.11. The van der Waals surface area contributed by atoms with E-state index in [0.29, 0.717) is 16.7 Å². The minimum Gasteiger partial charge on any atom is -0.346 e. The normalized spacial score (nSPS) is 10.7. The Bertz CT molecular complexity index is 1340. The fourth-order valence-corrected chi connectivity index (χ4v) is 4.18. The third-order valence-electron chi connectivity index (χ3n) is 5.41. The number of rotatable bonds is 8. The van der Waals surface area contributed by atoms with Crippen molar-refractivity contribution in [2.24, 2.45) is 0 Å². The number of benzene rings is 3. The fourth-order valence-electron chi connectivity index (χ4n) is 3.40. The SMILES string of the molecule is Cc1cccc(NC(=O)CNC(=O)CSc2nnc(-c3ccccc3)n2-c2ccc(F)cc2)c1C. The van der Waals surface area contributed by atoms with Crippen LogP contribution in [0.4, 0.5) is 10.1 Å². The summed E-state index contributed by atoms with van der Waals surface area (Å²) >= 11 is 1.18. The smallest absolute Gasteiger partial charge is 0.243 e. The van der Waals surface area contributed by atoms with Crippen LogP contribution in [0.3, 0.4) is 0 Å². The molecule has 0 aliphatic heterocycles. The van der Waals surface area contributed by atoms with E-state index in [9.17, 15) is 14.0 Å². The van der Waals surface area contributed by atoms with Gasteiger partial charge in [-0.1, -0.05) is 54.2 Å². The van der Waals surface area contributed by atoms with Crippen LogP contribution in [-0.2, 0) is 9.59 Å². The van der Waals surface area contributed by atoms with Gasteiger partial charge < -0.3 is 10.6 Å². The molecule has 1 aromatic heterocycles. The van der Waals surface area contributed by atoms with E-state index in [0.717, 1.165) is 22.4 Å². The first-order valence-corrected chi connectivity index (χ1v) is 11.9. The molecule has 0 atom stereocenters. The van der Waals surface area contributed by atoms with Crippen LogP contribution in [0.15, 0.2) is 78.0 Å². The second kappa shape index (κ2) is 11.0. The van der Waals surface area contributed by atoms with Gasteiger partial charge in [-0.3, -0.25) is 14.2 Å². The summed E-state index contributed by atoms with van der Waals surface area (Å²) in [5, 5.41) is 14.5. The Hall–Kier alpha value is -3.98. The molecule has 4 aromatic rings. The number of thioether (sulfide) groups is 1. The molecule has 0 aliphatic carbocycles. The highest BCUT2D eigenvalue weighted by molar-refractivity contribution is 7.99. The zero-order chi connectivity index (χ0) is 24.8. The molecular weight excluding hydrogens is 465 g/mol. The molecule has 7 nitrogen and oxygen atoms in total. The monoisotopic (exact) mass is 489 g/mol. The van der Waals surface area contributed by atoms with Crippen LogP contribution in [-0.4, -0.2) is 38.9 Å². The highest BCUT2D eigenvalue weighted by atomic mass is 32.2. The Morgan fingerprint density at radius 3 is 2.40 bits per heavy atom. The van der Waals surface area contributed by atoms with Gasteiger partial charge in [-0.2, -0.15) is 0 Å². The van der Waals surface area contributed by atoms with Gasteiger partial charge in [-0.15, -0.1) is 10.2 Å². The van der Waals surface area contributed by atoms with E-state index < -0.39 is 0 Å². The average Bonchev–Trinajstić information content (AvgIpc) is 3.29. The molecule has 1 heterocycles. The number of aryl methyl sites for hydroxylation is 1. The Labute approximate surface area is 206 Å². The fraction of sp³-hybridized carbons (Fsp3) is 0.154. The summed E-state index contributed by atoms with van der Waals surface area (Å²) in [5.41, 5.74) is 4.29. The third-order valence-corrected chi connectivity index (χ3v) is 6.34. The maximum absolute atomic E-state index is 13.5. The first kappa shape index (κ1) is 24.2. The van der Waals surface area contributed by atoms with Crippen molar-refractivity contribution in [3.63, 3.8) is 0 Å². The van der Waals surface area contributed by atoms with E-state index >= 15 is 0 Å². The number of nitrogens with zero attached hydrogens (tertiary/aromatic N) is 3. The van der Waals surface area contributed by atoms with Crippen LogP contribution in [0.1, 0.15) is 11.1 Å². The maximum Gasteiger partial charge on any atom is 0.243 e. The number of hydrogen-bond donors (Lipinski definition) is 2. The van der Waals surface area contributed by atoms with Crippen LogP contribution >= 0.6 is 11.8 Å². The minimum absolute atomic E-state index is 0.0326. The van der Waals surface area contributed by atoms with Crippen molar-refractivity contribution in [1.82, 2.24) is 20.1 Å². The molecule has 178 valence electrons. The van der Waals surface area contributed by atoms with Crippen molar-refractivity contribution in [2.45, 2.75) is 19.0 Å². The Balaban J connectivity index is 1.42. The zero-order valence-corrected chi connectivity index (χ0v) is 20.1. The molecule has 2 amide bonds. The van der Waals surface area contributed by atoms with Crippen molar-refractivity contribution < 1.29 is 14.0 Å². The van der Waals surface area contributed by atoms with Gasteiger partial charge in [0, 0.05) is 16.9 Å². The molecule has 0 radical (unpaired) electrons. The van der Waals surface area contributed by atoms with Gasteiger partial charge in [0.1, 0.15) is 5.82 Å².